The molecule has 1 aliphatic rings. The highest BCUT2D eigenvalue weighted by Gasteiger charge is 2.30. The van der Waals surface area contributed by atoms with Crippen LogP contribution in [0.3, 0.4) is 0 Å². The van der Waals surface area contributed by atoms with Crippen LogP contribution in [0.1, 0.15) is 18.4 Å². The van der Waals surface area contributed by atoms with Gasteiger partial charge in [-0.3, -0.25) is 9.52 Å². The third-order valence-electron chi connectivity index (χ3n) is 4.79. The van der Waals surface area contributed by atoms with Crippen molar-refractivity contribution < 1.29 is 18.6 Å². The maximum atomic E-state index is 13.2. The molecule has 150 valence electrons. The Morgan fingerprint density at radius 1 is 1.03 bits per heavy atom. The van der Waals surface area contributed by atoms with Crippen molar-refractivity contribution in [1.29, 1.82) is 0 Å². The smallest absolute Gasteiger partial charge is 0.265 e. The molecule has 0 unspecified atom stereocenters. The molecule has 0 bridgehead atoms. The molecule has 0 spiro atoms. The van der Waals surface area contributed by atoms with E-state index in [-0.39, 0.29) is 34.3 Å². The van der Waals surface area contributed by atoms with Crippen LogP contribution in [-0.4, -0.2) is 35.6 Å². The zero-order valence-corrected chi connectivity index (χ0v) is 16.2. The SMILES string of the molecule is O=c1c(C2=Nc3ccccc3S(=O)(=O)N2)c(O)c2ccccc2n1CCCCO. The molecule has 0 saturated heterocycles. The molecule has 1 aromatic heterocycles. The number of aryl methyl sites for hydroxylation is 1. The minimum atomic E-state index is -3.93. The van der Waals surface area contributed by atoms with E-state index >= 15 is 0 Å². The van der Waals surface area contributed by atoms with Gasteiger partial charge >= 0.3 is 0 Å². The number of para-hydroxylation sites is 2. The van der Waals surface area contributed by atoms with Crippen molar-refractivity contribution in [3.63, 3.8) is 0 Å². The van der Waals surface area contributed by atoms with Crippen molar-refractivity contribution in [1.82, 2.24) is 9.29 Å². The van der Waals surface area contributed by atoms with Crippen molar-refractivity contribution in [2.45, 2.75) is 24.3 Å². The van der Waals surface area contributed by atoms with Gasteiger partial charge in [-0.1, -0.05) is 24.3 Å². The molecule has 3 aromatic rings. The van der Waals surface area contributed by atoms with Crippen molar-refractivity contribution >= 4 is 32.4 Å². The number of hydrogen-bond acceptors (Lipinski definition) is 6. The fourth-order valence-corrected chi connectivity index (χ4v) is 4.57. The highest BCUT2D eigenvalue weighted by atomic mass is 32.2. The molecule has 0 radical (unpaired) electrons. The summed E-state index contributed by atoms with van der Waals surface area (Å²) in [5.41, 5.74) is -0.0397. The molecule has 4 rings (SSSR count). The minimum Gasteiger partial charge on any atom is -0.506 e. The van der Waals surface area contributed by atoms with Gasteiger partial charge in [0.1, 0.15) is 16.2 Å². The molecule has 0 saturated carbocycles. The number of nitrogens with one attached hydrogen (secondary N) is 1. The van der Waals surface area contributed by atoms with E-state index in [0.29, 0.717) is 30.3 Å². The van der Waals surface area contributed by atoms with Crippen LogP contribution < -0.4 is 10.3 Å². The maximum Gasteiger partial charge on any atom is 0.265 e. The number of aliphatic hydroxyl groups excluding tert-OH is 1. The number of benzene rings is 2. The molecule has 2 heterocycles. The molecule has 0 atom stereocenters. The number of pyridine rings is 1. The molecule has 2 aromatic carbocycles. The van der Waals surface area contributed by atoms with Crippen LogP contribution in [0.25, 0.3) is 10.9 Å². The van der Waals surface area contributed by atoms with Gasteiger partial charge in [-0.25, -0.2) is 13.4 Å². The monoisotopic (exact) mass is 413 g/mol. The van der Waals surface area contributed by atoms with Gasteiger partial charge < -0.3 is 14.8 Å². The van der Waals surface area contributed by atoms with E-state index in [4.69, 9.17) is 5.11 Å². The van der Waals surface area contributed by atoms with Crippen molar-refractivity contribution in [3.05, 3.63) is 64.4 Å². The average molecular weight is 413 g/mol. The predicted molar refractivity (Wildman–Crippen MR) is 109 cm³/mol. The van der Waals surface area contributed by atoms with Crippen LogP contribution in [0.2, 0.25) is 0 Å². The lowest BCUT2D eigenvalue weighted by Crippen LogP contribution is -2.39. The van der Waals surface area contributed by atoms with Gasteiger partial charge in [0.05, 0.1) is 11.2 Å². The van der Waals surface area contributed by atoms with E-state index in [9.17, 15) is 18.3 Å². The second-order valence-corrected chi connectivity index (χ2v) is 8.31. The third kappa shape index (κ3) is 3.28. The van der Waals surface area contributed by atoms with Crippen LogP contribution in [0.4, 0.5) is 5.69 Å². The van der Waals surface area contributed by atoms with Gasteiger partial charge in [0, 0.05) is 18.5 Å². The average Bonchev–Trinajstić information content (AvgIpc) is 2.70. The first-order valence-corrected chi connectivity index (χ1v) is 10.6. The Bertz CT molecular complexity index is 1300. The molecule has 9 heteroatoms. The number of nitrogens with zero attached hydrogens (tertiary/aromatic N) is 2. The summed E-state index contributed by atoms with van der Waals surface area (Å²) in [4.78, 5) is 17.5. The summed E-state index contributed by atoms with van der Waals surface area (Å²) in [5.74, 6) is -0.544. The summed E-state index contributed by atoms with van der Waals surface area (Å²) in [7, 11) is -3.93. The van der Waals surface area contributed by atoms with Crippen LogP contribution in [0.15, 0.2) is 63.2 Å². The first-order chi connectivity index (χ1) is 13.9. The summed E-state index contributed by atoms with van der Waals surface area (Å²) in [6.45, 7) is 0.310. The number of aromatic nitrogens is 1. The number of fused-ring (bicyclic) bond motifs is 2. The highest BCUT2D eigenvalue weighted by Crippen LogP contribution is 2.32. The fourth-order valence-electron chi connectivity index (χ4n) is 3.42. The molecule has 3 N–H and O–H groups in total. The number of aromatic hydroxyl groups is 1. The summed E-state index contributed by atoms with van der Waals surface area (Å²) < 4.78 is 29.0. The number of aliphatic imine (C=N–C) groups is 1. The number of rotatable bonds is 5. The molecule has 0 aliphatic carbocycles. The summed E-state index contributed by atoms with van der Waals surface area (Å²) in [6, 6.07) is 13.0. The molecular weight excluding hydrogens is 394 g/mol. The van der Waals surface area contributed by atoms with Gasteiger partial charge in [-0.05, 0) is 37.1 Å². The van der Waals surface area contributed by atoms with E-state index in [1.165, 1.54) is 16.7 Å². The topological polar surface area (TPSA) is 121 Å². The van der Waals surface area contributed by atoms with Gasteiger partial charge in [0.25, 0.3) is 15.6 Å². The molecule has 0 amide bonds. The van der Waals surface area contributed by atoms with E-state index < -0.39 is 15.6 Å². The van der Waals surface area contributed by atoms with Crippen molar-refractivity contribution in [3.8, 4) is 5.75 Å². The van der Waals surface area contributed by atoms with Crippen molar-refractivity contribution in [2.24, 2.45) is 4.99 Å². The first-order valence-electron chi connectivity index (χ1n) is 9.10. The van der Waals surface area contributed by atoms with E-state index in [1.807, 2.05) is 0 Å². The van der Waals surface area contributed by atoms with Crippen LogP contribution in [0.5, 0.6) is 5.75 Å². The molecule has 0 fully saturated rings. The summed E-state index contributed by atoms with van der Waals surface area (Å²) in [6.07, 6.45) is 1.06. The van der Waals surface area contributed by atoms with E-state index in [2.05, 4.69) is 9.71 Å². The third-order valence-corrected chi connectivity index (χ3v) is 6.18. The van der Waals surface area contributed by atoms with Crippen LogP contribution in [-0.2, 0) is 16.6 Å². The quantitative estimate of drug-likeness (QED) is 0.551. The Morgan fingerprint density at radius 2 is 1.76 bits per heavy atom. The van der Waals surface area contributed by atoms with Crippen molar-refractivity contribution in [2.75, 3.05) is 6.61 Å². The largest absolute Gasteiger partial charge is 0.506 e. The number of unbranched alkanes of at least 4 members (excludes halogenated alkanes) is 1. The number of aliphatic hydroxyl groups is 1. The fraction of sp³-hybridized carbons (Fsp3) is 0.200. The minimum absolute atomic E-state index is 0.000908. The highest BCUT2D eigenvalue weighted by molar-refractivity contribution is 7.90. The predicted octanol–water partition coefficient (Wildman–Crippen LogP) is 1.85. The lowest BCUT2D eigenvalue weighted by Gasteiger charge is -2.20. The van der Waals surface area contributed by atoms with Gasteiger partial charge in [-0.2, -0.15) is 0 Å². The Hall–Kier alpha value is -3.17. The Balaban J connectivity index is 1.98. The second kappa shape index (κ2) is 7.34. The Morgan fingerprint density at radius 3 is 2.55 bits per heavy atom. The zero-order chi connectivity index (χ0) is 20.6. The van der Waals surface area contributed by atoms with E-state index in [1.54, 1.807) is 36.4 Å². The lowest BCUT2D eigenvalue weighted by molar-refractivity contribution is 0.281. The summed E-state index contributed by atoms with van der Waals surface area (Å²) >= 11 is 0. The van der Waals surface area contributed by atoms with Crippen LogP contribution >= 0.6 is 0 Å². The van der Waals surface area contributed by atoms with Gasteiger partial charge in [-0.15, -0.1) is 0 Å². The summed E-state index contributed by atoms with van der Waals surface area (Å²) in [5, 5.41) is 20.3. The number of hydrogen-bond donors (Lipinski definition) is 3. The normalized spacial score (nSPS) is 14.9. The second-order valence-electron chi connectivity index (χ2n) is 6.66. The Kier molecular flexibility index (Phi) is 4.85. The molecule has 29 heavy (non-hydrogen) atoms. The molecule has 1 aliphatic heterocycles. The number of amidine groups is 1. The zero-order valence-electron chi connectivity index (χ0n) is 15.4. The van der Waals surface area contributed by atoms with E-state index in [0.717, 1.165) is 0 Å². The standard InChI is InChI=1S/C20H19N3O5S/c24-12-6-5-11-23-15-9-3-1-7-13(15)18(25)17(20(23)26)19-21-14-8-2-4-10-16(14)29(27,28)22-19/h1-4,7-10,24-25H,5-6,11-12H2,(H,21,22). The molecular formula is C20H19N3O5S. The molecule has 8 nitrogen and oxygen atoms in total. The first kappa shape index (κ1) is 19.2. The number of sulfonamides is 1. The lowest BCUT2D eigenvalue weighted by atomic mass is 10.1. The maximum absolute atomic E-state index is 13.2. The Labute approximate surface area is 166 Å². The van der Waals surface area contributed by atoms with Crippen LogP contribution in [0, 0.1) is 0 Å². The van der Waals surface area contributed by atoms with Gasteiger partial charge in [0.2, 0.25) is 0 Å². The van der Waals surface area contributed by atoms with Gasteiger partial charge in [0.15, 0.2) is 5.84 Å².